The van der Waals surface area contributed by atoms with Crippen LogP contribution in [0.4, 0.5) is 0 Å². The van der Waals surface area contributed by atoms with Gasteiger partial charge in [-0.1, -0.05) is 60.7 Å². The van der Waals surface area contributed by atoms with E-state index in [0.717, 1.165) is 16.9 Å². The largest absolute Gasteiger partial charge is 0.491 e. The second-order valence-electron chi connectivity index (χ2n) is 6.00. The Morgan fingerprint density at radius 2 is 1.50 bits per heavy atom. The Bertz CT molecular complexity index is 925. The first kappa shape index (κ1) is 19.2. The molecule has 0 aliphatic carbocycles. The summed E-state index contributed by atoms with van der Waals surface area (Å²) >= 11 is 0. The fourth-order valence-electron chi connectivity index (χ4n) is 2.70. The quantitative estimate of drug-likeness (QED) is 0.457. The van der Waals surface area contributed by atoms with Gasteiger partial charge in [0.05, 0.1) is 12.1 Å². The van der Waals surface area contributed by atoms with Crippen LogP contribution < -0.4 is 14.8 Å². The van der Waals surface area contributed by atoms with Crippen LogP contribution in [0.3, 0.4) is 0 Å². The van der Waals surface area contributed by atoms with Crippen molar-refractivity contribution in [1.82, 2.24) is 5.32 Å². The number of hydrogen-bond acceptors (Lipinski definition) is 4. The molecule has 0 saturated carbocycles. The molecule has 0 unspecified atom stereocenters. The highest BCUT2D eigenvalue weighted by Gasteiger charge is 2.07. The van der Waals surface area contributed by atoms with Crippen molar-refractivity contribution in [3.63, 3.8) is 0 Å². The smallest absolute Gasteiger partial charge is 0.258 e. The summed E-state index contributed by atoms with van der Waals surface area (Å²) in [6.07, 6.45) is 0.700. The average Bonchev–Trinajstić information content (AvgIpc) is 2.76. The average molecular weight is 375 g/mol. The molecule has 0 aliphatic rings. The molecule has 0 radical (unpaired) electrons. The number of para-hydroxylation sites is 2. The summed E-state index contributed by atoms with van der Waals surface area (Å²) in [4.78, 5) is 22.9. The lowest BCUT2D eigenvalue weighted by atomic mass is 10.1. The van der Waals surface area contributed by atoms with Crippen molar-refractivity contribution in [2.24, 2.45) is 0 Å². The molecule has 3 aromatic carbocycles. The van der Waals surface area contributed by atoms with E-state index in [2.05, 4.69) is 5.32 Å². The zero-order chi connectivity index (χ0) is 19.6. The summed E-state index contributed by atoms with van der Waals surface area (Å²) in [6.45, 7) is 0.520. The number of hydrogen-bond donors (Lipinski definition) is 1. The van der Waals surface area contributed by atoms with Gasteiger partial charge in [-0.05, 0) is 23.8 Å². The van der Waals surface area contributed by atoms with Crippen molar-refractivity contribution in [1.29, 1.82) is 0 Å². The molecule has 0 saturated heterocycles. The van der Waals surface area contributed by atoms with Crippen molar-refractivity contribution >= 4 is 12.2 Å². The molecule has 0 aromatic heterocycles. The van der Waals surface area contributed by atoms with Crippen molar-refractivity contribution < 1.29 is 19.1 Å². The number of aldehydes is 1. The van der Waals surface area contributed by atoms with Crippen molar-refractivity contribution in [2.45, 2.75) is 0 Å². The van der Waals surface area contributed by atoms with Gasteiger partial charge in [-0.15, -0.1) is 0 Å². The monoisotopic (exact) mass is 375 g/mol. The minimum absolute atomic E-state index is 0.161. The summed E-state index contributed by atoms with van der Waals surface area (Å²) in [6, 6.07) is 24.5. The normalized spacial score (nSPS) is 10.1. The third-order valence-corrected chi connectivity index (χ3v) is 4.06. The van der Waals surface area contributed by atoms with Crippen LogP contribution in [0, 0.1) is 0 Å². The molecule has 0 bridgehead atoms. The van der Waals surface area contributed by atoms with E-state index < -0.39 is 0 Å². The van der Waals surface area contributed by atoms with Crippen molar-refractivity contribution in [2.75, 3.05) is 19.8 Å². The lowest BCUT2D eigenvalue weighted by Gasteiger charge is -2.12. The van der Waals surface area contributed by atoms with Crippen molar-refractivity contribution in [3.05, 3.63) is 84.4 Å². The van der Waals surface area contributed by atoms with Crippen LogP contribution in [0.1, 0.15) is 10.4 Å². The van der Waals surface area contributed by atoms with Gasteiger partial charge in [0.15, 0.2) is 12.9 Å². The van der Waals surface area contributed by atoms with Gasteiger partial charge in [-0.2, -0.15) is 0 Å². The van der Waals surface area contributed by atoms with Crippen LogP contribution in [-0.4, -0.2) is 32.0 Å². The van der Waals surface area contributed by atoms with Crippen LogP contribution in [-0.2, 0) is 4.79 Å². The van der Waals surface area contributed by atoms with Crippen LogP contribution in [0.25, 0.3) is 11.1 Å². The van der Waals surface area contributed by atoms with Crippen LogP contribution in [0.2, 0.25) is 0 Å². The second kappa shape index (κ2) is 9.92. The van der Waals surface area contributed by atoms with Crippen LogP contribution in [0.5, 0.6) is 11.5 Å². The summed E-state index contributed by atoms with van der Waals surface area (Å²) in [7, 11) is 0. The molecule has 142 valence electrons. The molecular weight excluding hydrogens is 354 g/mol. The molecule has 0 heterocycles. The third-order valence-electron chi connectivity index (χ3n) is 4.06. The molecule has 1 amide bonds. The minimum Gasteiger partial charge on any atom is -0.491 e. The van der Waals surface area contributed by atoms with Gasteiger partial charge in [0.25, 0.3) is 5.91 Å². The lowest BCUT2D eigenvalue weighted by molar-refractivity contribution is -0.123. The first-order valence-corrected chi connectivity index (χ1v) is 8.99. The number of carbonyl (C=O) groups excluding carboxylic acids is 2. The maximum absolute atomic E-state index is 11.9. The minimum atomic E-state index is -0.277. The van der Waals surface area contributed by atoms with Gasteiger partial charge < -0.3 is 14.8 Å². The standard InChI is InChI=1S/C23H21NO4/c25-16-19-10-4-6-12-21(19)28-17-23(26)24-14-15-27-22-13-7-5-11-20(22)18-8-2-1-3-9-18/h1-13,16H,14-15,17H2,(H,24,26). The maximum atomic E-state index is 11.9. The fourth-order valence-corrected chi connectivity index (χ4v) is 2.70. The number of benzene rings is 3. The Labute approximate surface area is 163 Å². The van der Waals surface area contributed by atoms with Crippen LogP contribution in [0.15, 0.2) is 78.9 Å². The number of amides is 1. The highest BCUT2D eigenvalue weighted by atomic mass is 16.5. The van der Waals surface area contributed by atoms with E-state index >= 15 is 0 Å². The zero-order valence-corrected chi connectivity index (χ0v) is 15.3. The molecule has 0 fully saturated rings. The van der Waals surface area contributed by atoms with Gasteiger partial charge in [0, 0.05) is 5.56 Å². The molecule has 5 heteroatoms. The topological polar surface area (TPSA) is 64.6 Å². The Morgan fingerprint density at radius 3 is 2.29 bits per heavy atom. The van der Waals surface area contributed by atoms with Crippen molar-refractivity contribution in [3.8, 4) is 22.6 Å². The summed E-state index contributed by atoms with van der Waals surface area (Å²) in [5.41, 5.74) is 2.49. The summed E-state index contributed by atoms with van der Waals surface area (Å²) < 4.78 is 11.2. The van der Waals surface area contributed by atoms with E-state index in [4.69, 9.17) is 9.47 Å². The highest BCUT2D eigenvalue weighted by Crippen LogP contribution is 2.29. The van der Waals surface area contributed by atoms with Gasteiger partial charge in [-0.3, -0.25) is 9.59 Å². The summed E-state index contributed by atoms with van der Waals surface area (Å²) in [5, 5.41) is 2.74. The summed E-state index contributed by atoms with van der Waals surface area (Å²) in [5.74, 6) is 0.875. The van der Waals surface area contributed by atoms with Gasteiger partial charge >= 0.3 is 0 Å². The Kier molecular flexibility index (Phi) is 6.79. The zero-order valence-electron chi connectivity index (χ0n) is 15.3. The van der Waals surface area contributed by atoms with E-state index in [-0.39, 0.29) is 12.5 Å². The molecule has 0 aliphatic heterocycles. The highest BCUT2D eigenvalue weighted by molar-refractivity contribution is 5.80. The fraction of sp³-hybridized carbons (Fsp3) is 0.130. The predicted octanol–water partition coefficient (Wildman–Crippen LogP) is 3.74. The van der Waals surface area contributed by atoms with Gasteiger partial charge in [0.1, 0.15) is 18.1 Å². The number of carbonyl (C=O) groups is 2. The Balaban J connectivity index is 1.46. The first-order chi connectivity index (χ1) is 13.8. The Morgan fingerprint density at radius 1 is 0.821 bits per heavy atom. The van der Waals surface area contributed by atoms with E-state index in [1.54, 1.807) is 24.3 Å². The number of rotatable bonds is 9. The molecular formula is C23H21NO4. The van der Waals surface area contributed by atoms with E-state index in [0.29, 0.717) is 30.8 Å². The molecule has 3 rings (SSSR count). The van der Waals surface area contributed by atoms with E-state index in [1.807, 2.05) is 54.6 Å². The predicted molar refractivity (Wildman–Crippen MR) is 108 cm³/mol. The van der Waals surface area contributed by atoms with Gasteiger partial charge in [0.2, 0.25) is 0 Å². The number of nitrogens with one attached hydrogen (secondary N) is 1. The van der Waals surface area contributed by atoms with E-state index in [1.165, 1.54) is 0 Å². The molecule has 3 aromatic rings. The second-order valence-corrected chi connectivity index (χ2v) is 6.00. The molecule has 1 N–H and O–H groups in total. The number of ether oxygens (including phenoxy) is 2. The van der Waals surface area contributed by atoms with Gasteiger partial charge in [-0.25, -0.2) is 0 Å². The van der Waals surface area contributed by atoms with Crippen LogP contribution >= 0.6 is 0 Å². The molecule has 5 nitrogen and oxygen atoms in total. The van der Waals surface area contributed by atoms with E-state index in [9.17, 15) is 9.59 Å². The first-order valence-electron chi connectivity index (χ1n) is 8.99. The SMILES string of the molecule is O=Cc1ccccc1OCC(=O)NCCOc1ccccc1-c1ccccc1. The maximum Gasteiger partial charge on any atom is 0.258 e. The third kappa shape index (κ3) is 5.20. The molecule has 0 atom stereocenters. The lowest BCUT2D eigenvalue weighted by Crippen LogP contribution is -2.32. The Hall–Kier alpha value is -3.60. The molecule has 28 heavy (non-hydrogen) atoms. The molecule has 0 spiro atoms.